The number of hydrogen-bond donors (Lipinski definition) is 1. The number of rotatable bonds is 2. The number of amides is 1. The van der Waals surface area contributed by atoms with Crippen molar-refractivity contribution in [2.45, 2.75) is 0 Å². The number of carbonyl (C=O) groups excluding carboxylic acids is 1. The van der Waals surface area contributed by atoms with Crippen molar-refractivity contribution in [1.82, 2.24) is 4.98 Å². The van der Waals surface area contributed by atoms with Crippen LogP contribution >= 0.6 is 0 Å². The van der Waals surface area contributed by atoms with E-state index in [2.05, 4.69) is 10.3 Å². The highest BCUT2D eigenvalue weighted by Gasteiger charge is 2.08. The lowest BCUT2D eigenvalue weighted by molar-refractivity contribution is 0.102. The van der Waals surface area contributed by atoms with Crippen LogP contribution in [0.5, 0.6) is 0 Å². The molecule has 0 aliphatic heterocycles. The van der Waals surface area contributed by atoms with E-state index in [-0.39, 0.29) is 5.91 Å². The van der Waals surface area contributed by atoms with Crippen LogP contribution in [-0.2, 0) is 0 Å². The summed E-state index contributed by atoms with van der Waals surface area (Å²) in [6.07, 6.45) is 3.44. The predicted octanol–water partition coefficient (Wildman–Crippen LogP) is 3.36. The van der Waals surface area contributed by atoms with Crippen LogP contribution in [0.3, 0.4) is 0 Å². The number of fused-ring (bicyclic) bond motifs is 1. The minimum absolute atomic E-state index is 0.239. The molecule has 3 rings (SSSR count). The van der Waals surface area contributed by atoms with Gasteiger partial charge >= 0.3 is 0 Å². The molecule has 0 spiro atoms. The summed E-state index contributed by atoms with van der Waals surface area (Å²) in [5, 5.41) is 13.7. The van der Waals surface area contributed by atoms with Gasteiger partial charge in [0, 0.05) is 34.4 Å². The molecule has 1 amide bonds. The van der Waals surface area contributed by atoms with E-state index < -0.39 is 0 Å². The molecule has 1 aromatic heterocycles. The van der Waals surface area contributed by atoms with E-state index in [1.165, 1.54) is 0 Å². The second-order valence-electron chi connectivity index (χ2n) is 4.55. The molecule has 0 saturated carbocycles. The van der Waals surface area contributed by atoms with Crippen molar-refractivity contribution in [2.24, 2.45) is 0 Å². The van der Waals surface area contributed by atoms with Crippen molar-refractivity contribution >= 4 is 22.4 Å². The number of hydrogen-bond acceptors (Lipinski definition) is 3. The fourth-order valence-corrected chi connectivity index (χ4v) is 2.16. The summed E-state index contributed by atoms with van der Waals surface area (Å²) in [6.45, 7) is 0. The van der Waals surface area contributed by atoms with Gasteiger partial charge in [0.05, 0.1) is 11.6 Å². The van der Waals surface area contributed by atoms with Gasteiger partial charge < -0.3 is 5.32 Å². The Hall–Kier alpha value is -3.19. The van der Waals surface area contributed by atoms with Gasteiger partial charge in [0.1, 0.15) is 0 Å². The van der Waals surface area contributed by atoms with Gasteiger partial charge in [-0.15, -0.1) is 0 Å². The Morgan fingerprint density at radius 3 is 2.86 bits per heavy atom. The highest BCUT2D eigenvalue weighted by molar-refractivity contribution is 6.09. The molecule has 0 bridgehead atoms. The highest BCUT2D eigenvalue weighted by atomic mass is 16.1. The minimum Gasteiger partial charge on any atom is -0.321 e. The summed E-state index contributed by atoms with van der Waals surface area (Å²) in [7, 11) is 0. The number of aromatic nitrogens is 1. The molecular weight excluding hydrogens is 262 g/mol. The molecule has 4 nitrogen and oxygen atoms in total. The van der Waals surface area contributed by atoms with Crippen molar-refractivity contribution in [3.05, 3.63) is 72.1 Å². The predicted molar refractivity (Wildman–Crippen MR) is 80.9 cm³/mol. The summed E-state index contributed by atoms with van der Waals surface area (Å²) in [5.41, 5.74) is 1.65. The fraction of sp³-hybridized carbons (Fsp3) is 0. The topological polar surface area (TPSA) is 65.8 Å². The van der Waals surface area contributed by atoms with Crippen molar-refractivity contribution in [2.75, 3.05) is 5.32 Å². The smallest absolute Gasteiger partial charge is 0.255 e. The van der Waals surface area contributed by atoms with Gasteiger partial charge in [-0.3, -0.25) is 9.78 Å². The van der Waals surface area contributed by atoms with E-state index >= 15 is 0 Å². The number of pyridine rings is 1. The molecular formula is C17H11N3O. The van der Waals surface area contributed by atoms with Crippen LogP contribution in [-0.4, -0.2) is 10.9 Å². The van der Waals surface area contributed by atoms with E-state index in [0.717, 1.165) is 16.5 Å². The zero-order valence-electron chi connectivity index (χ0n) is 11.1. The quantitative estimate of drug-likeness (QED) is 0.778. The van der Waals surface area contributed by atoms with Crippen LogP contribution in [0.15, 0.2) is 60.9 Å². The van der Waals surface area contributed by atoms with E-state index in [9.17, 15) is 4.79 Å². The van der Waals surface area contributed by atoms with Gasteiger partial charge in [0.15, 0.2) is 0 Å². The standard InChI is InChI=1S/C17H11N3O/c18-10-12-3-1-4-13(9-12)17(21)20-16-6-2-5-14-11-19-8-7-15(14)16/h1-9,11H,(H,20,21). The van der Waals surface area contributed by atoms with Crippen LogP contribution in [0.25, 0.3) is 10.8 Å². The molecule has 0 aliphatic carbocycles. The Balaban J connectivity index is 1.95. The molecule has 4 heteroatoms. The molecule has 0 aliphatic rings. The minimum atomic E-state index is -0.239. The Morgan fingerprint density at radius 2 is 2.00 bits per heavy atom. The Labute approximate surface area is 121 Å². The first-order chi connectivity index (χ1) is 10.3. The molecule has 0 unspecified atom stereocenters. The third-order valence-corrected chi connectivity index (χ3v) is 3.18. The van der Waals surface area contributed by atoms with Crippen LogP contribution in [0.4, 0.5) is 5.69 Å². The molecule has 0 radical (unpaired) electrons. The monoisotopic (exact) mass is 273 g/mol. The maximum atomic E-state index is 12.3. The van der Waals surface area contributed by atoms with Crippen LogP contribution < -0.4 is 5.32 Å². The summed E-state index contributed by atoms with van der Waals surface area (Å²) in [4.78, 5) is 16.4. The number of anilines is 1. The van der Waals surface area contributed by atoms with Gasteiger partial charge in [-0.25, -0.2) is 0 Å². The Kier molecular flexibility index (Phi) is 3.32. The Bertz CT molecular complexity index is 860. The molecule has 1 N–H and O–H groups in total. The molecule has 100 valence electrons. The summed E-state index contributed by atoms with van der Waals surface area (Å²) < 4.78 is 0. The van der Waals surface area contributed by atoms with E-state index in [4.69, 9.17) is 5.26 Å². The fourth-order valence-electron chi connectivity index (χ4n) is 2.16. The van der Waals surface area contributed by atoms with Crippen molar-refractivity contribution in [1.29, 1.82) is 5.26 Å². The average Bonchev–Trinajstić information content (AvgIpc) is 2.55. The molecule has 0 atom stereocenters. The molecule has 0 saturated heterocycles. The molecule has 3 aromatic rings. The summed E-state index contributed by atoms with van der Waals surface area (Å²) >= 11 is 0. The second kappa shape index (κ2) is 5.43. The second-order valence-corrected chi connectivity index (χ2v) is 4.55. The van der Waals surface area contributed by atoms with Gasteiger partial charge in [-0.1, -0.05) is 18.2 Å². The molecule has 1 heterocycles. The molecule has 2 aromatic carbocycles. The first kappa shape index (κ1) is 12.8. The van der Waals surface area contributed by atoms with Gasteiger partial charge in [-0.05, 0) is 30.3 Å². The number of carbonyl (C=O) groups is 1. The zero-order chi connectivity index (χ0) is 14.7. The number of nitrogens with zero attached hydrogens (tertiary/aromatic N) is 2. The lowest BCUT2D eigenvalue weighted by atomic mass is 10.1. The van der Waals surface area contributed by atoms with Crippen LogP contribution in [0.2, 0.25) is 0 Å². The largest absolute Gasteiger partial charge is 0.321 e. The summed E-state index contributed by atoms with van der Waals surface area (Å²) in [6, 6.07) is 16.1. The number of nitriles is 1. The van der Waals surface area contributed by atoms with E-state index in [0.29, 0.717) is 11.1 Å². The third-order valence-electron chi connectivity index (χ3n) is 3.18. The SMILES string of the molecule is N#Cc1cccc(C(=O)Nc2cccc3cnccc23)c1. The first-order valence-corrected chi connectivity index (χ1v) is 6.42. The number of benzene rings is 2. The first-order valence-electron chi connectivity index (χ1n) is 6.42. The van der Waals surface area contributed by atoms with Gasteiger partial charge in [0.2, 0.25) is 0 Å². The van der Waals surface area contributed by atoms with Gasteiger partial charge in [-0.2, -0.15) is 5.26 Å². The Morgan fingerprint density at radius 1 is 1.14 bits per heavy atom. The maximum Gasteiger partial charge on any atom is 0.255 e. The van der Waals surface area contributed by atoms with Crippen molar-refractivity contribution < 1.29 is 4.79 Å². The third kappa shape index (κ3) is 2.58. The lowest BCUT2D eigenvalue weighted by Crippen LogP contribution is -2.12. The van der Waals surface area contributed by atoms with Crippen LogP contribution in [0.1, 0.15) is 15.9 Å². The lowest BCUT2D eigenvalue weighted by Gasteiger charge is -2.08. The van der Waals surface area contributed by atoms with Crippen molar-refractivity contribution in [3.63, 3.8) is 0 Å². The van der Waals surface area contributed by atoms with Crippen molar-refractivity contribution in [3.8, 4) is 6.07 Å². The molecule has 21 heavy (non-hydrogen) atoms. The van der Waals surface area contributed by atoms with E-state index in [1.807, 2.05) is 30.3 Å². The van der Waals surface area contributed by atoms with Crippen LogP contribution in [0, 0.1) is 11.3 Å². The normalized spacial score (nSPS) is 10.0. The van der Waals surface area contributed by atoms with E-state index in [1.54, 1.807) is 36.7 Å². The highest BCUT2D eigenvalue weighted by Crippen LogP contribution is 2.22. The molecule has 0 fully saturated rings. The van der Waals surface area contributed by atoms with Gasteiger partial charge in [0.25, 0.3) is 5.91 Å². The maximum absolute atomic E-state index is 12.3. The average molecular weight is 273 g/mol. The number of nitrogens with one attached hydrogen (secondary N) is 1. The summed E-state index contributed by atoms with van der Waals surface area (Å²) in [5.74, 6) is -0.239. The zero-order valence-corrected chi connectivity index (χ0v) is 11.1.